The molecule has 1 aromatic heterocycles. The Labute approximate surface area is 117 Å². The lowest BCUT2D eigenvalue weighted by Crippen LogP contribution is -2.18. The summed E-state index contributed by atoms with van der Waals surface area (Å²) in [6, 6.07) is 9.00. The molecule has 2 rings (SSSR count). The van der Waals surface area contributed by atoms with Crippen molar-refractivity contribution < 1.29 is 9.84 Å². The van der Waals surface area contributed by atoms with Gasteiger partial charge in [0.15, 0.2) is 0 Å². The molecule has 4 nitrogen and oxygen atoms in total. The number of aromatic hydroxyl groups is 1. The highest BCUT2D eigenvalue weighted by molar-refractivity contribution is 5.44. The highest BCUT2D eigenvalue weighted by Crippen LogP contribution is 2.12. The van der Waals surface area contributed by atoms with E-state index in [1.807, 2.05) is 24.3 Å². The monoisotopic (exact) mass is 269 g/mol. The summed E-state index contributed by atoms with van der Waals surface area (Å²) >= 11 is 0. The number of hydrogen-bond acceptors (Lipinski definition) is 3. The normalized spacial score (nSPS) is 9.70. The molecule has 0 atom stereocenters. The molecule has 0 saturated carbocycles. The van der Waals surface area contributed by atoms with Crippen molar-refractivity contribution in [3.05, 3.63) is 58.0 Å². The van der Waals surface area contributed by atoms with E-state index < -0.39 is 0 Å². The van der Waals surface area contributed by atoms with Crippen LogP contribution in [0.15, 0.2) is 41.3 Å². The summed E-state index contributed by atoms with van der Waals surface area (Å²) in [6.45, 7) is 0. The maximum absolute atomic E-state index is 11.8. The lowest BCUT2D eigenvalue weighted by Gasteiger charge is -2.00. The van der Waals surface area contributed by atoms with E-state index in [2.05, 4.69) is 11.8 Å². The molecule has 0 amide bonds. The van der Waals surface area contributed by atoms with E-state index in [0.29, 0.717) is 6.42 Å². The zero-order valence-corrected chi connectivity index (χ0v) is 11.4. The smallest absolute Gasteiger partial charge is 0.269 e. The van der Waals surface area contributed by atoms with E-state index >= 15 is 0 Å². The lowest BCUT2D eigenvalue weighted by atomic mass is 10.1. The summed E-state index contributed by atoms with van der Waals surface area (Å²) in [7, 11) is 3.24. The summed E-state index contributed by atoms with van der Waals surface area (Å²) in [6.07, 6.45) is 2.01. The number of aromatic nitrogens is 1. The standard InChI is InChI=1S/C16H15NO3/c1-17-11-10-15(18)14(16(17)19)5-3-4-12-6-8-13(20-2)9-7-12/h6-11,18H,4H2,1-2H3. The Hall–Kier alpha value is -2.67. The predicted octanol–water partition coefficient (Wildman–Crippen LogP) is 1.69. The van der Waals surface area contributed by atoms with Crippen LogP contribution in [0.5, 0.6) is 11.5 Å². The fraction of sp³-hybridized carbons (Fsp3) is 0.188. The van der Waals surface area contributed by atoms with Crippen LogP contribution in [-0.2, 0) is 13.5 Å². The number of aryl methyl sites for hydroxylation is 1. The first kappa shape index (κ1) is 13.8. The molecule has 2 aromatic rings. The molecular weight excluding hydrogens is 254 g/mol. The van der Waals surface area contributed by atoms with E-state index in [9.17, 15) is 9.90 Å². The Morgan fingerprint density at radius 1 is 1.25 bits per heavy atom. The van der Waals surface area contributed by atoms with Crippen LogP contribution in [0, 0.1) is 11.8 Å². The van der Waals surface area contributed by atoms with Gasteiger partial charge in [-0.05, 0) is 23.8 Å². The molecule has 1 heterocycles. The average molecular weight is 269 g/mol. The molecule has 0 aliphatic rings. The molecule has 1 N–H and O–H groups in total. The Balaban J connectivity index is 2.19. The number of ether oxygens (including phenoxy) is 1. The van der Waals surface area contributed by atoms with Crippen LogP contribution in [0.2, 0.25) is 0 Å². The zero-order chi connectivity index (χ0) is 14.5. The van der Waals surface area contributed by atoms with E-state index in [4.69, 9.17) is 4.74 Å². The third-order valence-electron chi connectivity index (χ3n) is 2.91. The van der Waals surface area contributed by atoms with E-state index in [-0.39, 0.29) is 16.9 Å². The van der Waals surface area contributed by atoms with Gasteiger partial charge in [0.1, 0.15) is 17.1 Å². The molecular formula is C16H15NO3. The summed E-state index contributed by atoms with van der Waals surface area (Å²) in [5.41, 5.74) is 0.848. The van der Waals surface area contributed by atoms with Crippen molar-refractivity contribution in [2.45, 2.75) is 6.42 Å². The minimum atomic E-state index is -0.299. The molecule has 0 aliphatic carbocycles. The maximum atomic E-state index is 11.8. The minimum absolute atomic E-state index is 0.0877. The molecule has 4 heteroatoms. The van der Waals surface area contributed by atoms with Crippen molar-refractivity contribution in [2.75, 3.05) is 7.11 Å². The van der Waals surface area contributed by atoms with Crippen molar-refractivity contribution >= 4 is 0 Å². The summed E-state index contributed by atoms with van der Waals surface area (Å²) in [4.78, 5) is 11.8. The Bertz CT molecular complexity index is 718. The molecule has 0 fully saturated rings. The molecule has 102 valence electrons. The summed E-state index contributed by atoms with van der Waals surface area (Å²) in [5.74, 6) is 6.34. The van der Waals surface area contributed by atoms with Crippen molar-refractivity contribution in [1.82, 2.24) is 4.57 Å². The second kappa shape index (κ2) is 5.98. The van der Waals surface area contributed by atoms with Crippen molar-refractivity contribution in [2.24, 2.45) is 7.05 Å². The lowest BCUT2D eigenvalue weighted by molar-refractivity contribution is 0.414. The van der Waals surface area contributed by atoms with Gasteiger partial charge in [-0.1, -0.05) is 24.0 Å². The number of nitrogens with zero attached hydrogens (tertiary/aromatic N) is 1. The Morgan fingerprint density at radius 3 is 2.60 bits per heavy atom. The van der Waals surface area contributed by atoms with Gasteiger partial charge in [0.2, 0.25) is 0 Å². The van der Waals surface area contributed by atoms with E-state index in [0.717, 1.165) is 11.3 Å². The zero-order valence-electron chi connectivity index (χ0n) is 11.4. The van der Waals surface area contributed by atoms with Crippen LogP contribution in [0.1, 0.15) is 11.1 Å². The first-order valence-corrected chi connectivity index (χ1v) is 6.12. The quantitative estimate of drug-likeness (QED) is 0.844. The number of rotatable bonds is 2. The van der Waals surface area contributed by atoms with Crippen LogP contribution in [-0.4, -0.2) is 16.8 Å². The highest BCUT2D eigenvalue weighted by atomic mass is 16.5. The Kier molecular flexibility index (Phi) is 4.11. The number of hydrogen-bond donors (Lipinski definition) is 1. The van der Waals surface area contributed by atoms with Gasteiger partial charge in [-0.15, -0.1) is 0 Å². The second-order valence-electron chi connectivity index (χ2n) is 4.32. The van der Waals surface area contributed by atoms with Gasteiger partial charge in [-0.2, -0.15) is 0 Å². The van der Waals surface area contributed by atoms with Crippen LogP contribution in [0.25, 0.3) is 0 Å². The van der Waals surface area contributed by atoms with Crippen LogP contribution < -0.4 is 10.3 Å². The van der Waals surface area contributed by atoms with Gasteiger partial charge in [-0.25, -0.2) is 0 Å². The number of pyridine rings is 1. The Morgan fingerprint density at radius 2 is 1.95 bits per heavy atom. The van der Waals surface area contributed by atoms with Crippen molar-refractivity contribution in [3.63, 3.8) is 0 Å². The molecule has 0 radical (unpaired) electrons. The van der Waals surface area contributed by atoms with Crippen LogP contribution in [0.4, 0.5) is 0 Å². The van der Waals surface area contributed by atoms with Crippen molar-refractivity contribution in [3.8, 4) is 23.3 Å². The van der Waals surface area contributed by atoms with Gasteiger partial charge in [-0.3, -0.25) is 4.79 Å². The predicted molar refractivity (Wildman–Crippen MR) is 76.9 cm³/mol. The second-order valence-corrected chi connectivity index (χ2v) is 4.32. The first-order valence-electron chi connectivity index (χ1n) is 6.12. The molecule has 0 aliphatic heterocycles. The topological polar surface area (TPSA) is 51.5 Å². The van der Waals surface area contributed by atoms with Crippen molar-refractivity contribution in [1.29, 1.82) is 0 Å². The molecule has 1 aromatic carbocycles. The van der Waals surface area contributed by atoms with Gasteiger partial charge in [0, 0.05) is 19.7 Å². The molecule has 0 unspecified atom stereocenters. The number of benzene rings is 1. The largest absolute Gasteiger partial charge is 0.506 e. The van der Waals surface area contributed by atoms with Gasteiger partial charge in [0.25, 0.3) is 5.56 Å². The molecule has 0 spiro atoms. The van der Waals surface area contributed by atoms with Gasteiger partial charge >= 0.3 is 0 Å². The minimum Gasteiger partial charge on any atom is -0.506 e. The van der Waals surface area contributed by atoms with Gasteiger partial charge < -0.3 is 14.4 Å². The molecule has 0 saturated heterocycles. The fourth-order valence-corrected chi connectivity index (χ4v) is 1.71. The SMILES string of the molecule is COc1ccc(CC#Cc2c(O)ccn(C)c2=O)cc1. The third-order valence-corrected chi connectivity index (χ3v) is 2.91. The van der Waals surface area contributed by atoms with Crippen LogP contribution in [0.3, 0.4) is 0 Å². The summed E-state index contributed by atoms with van der Waals surface area (Å²) < 4.78 is 6.46. The molecule has 0 bridgehead atoms. The fourth-order valence-electron chi connectivity index (χ4n) is 1.71. The molecule has 20 heavy (non-hydrogen) atoms. The number of methoxy groups -OCH3 is 1. The summed E-state index contributed by atoms with van der Waals surface area (Å²) in [5, 5.41) is 9.65. The average Bonchev–Trinajstić information content (AvgIpc) is 2.47. The van der Waals surface area contributed by atoms with Gasteiger partial charge in [0.05, 0.1) is 7.11 Å². The highest BCUT2D eigenvalue weighted by Gasteiger charge is 2.04. The van der Waals surface area contributed by atoms with E-state index in [1.54, 1.807) is 14.2 Å². The third kappa shape index (κ3) is 3.01. The van der Waals surface area contributed by atoms with E-state index in [1.165, 1.54) is 16.8 Å². The van der Waals surface area contributed by atoms with Crippen LogP contribution >= 0.6 is 0 Å². The maximum Gasteiger partial charge on any atom is 0.269 e. The first-order chi connectivity index (χ1) is 9.61.